The Morgan fingerprint density at radius 2 is 1.95 bits per heavy atom. The van der Waals surface area contributed by atoms with Crippen LogP contribution in [0.5, 0.6) is 5.75 Å². The number of anilines is 2. The Hall–Kier alpha value is -4.25. The SMILES string of the molecule is C=CCN[C@H](CS(C)(=O)=O)c1ccc(-c2ccc3ncnc(Nc4ccc(OCc5cccc(F)c5)c(Cl)c4)c3c2)o1. The summed E-state index contributed by atoms with van der Waals surface area (Å²) in [4.78, 5) is 8.81. The normalized spacial score (nSPS) is 12.3. The molecule has 0 radical (unpaired) electrons. The van der Waals surface area contributed by atoms with Crippen LogP contribution in [0.25, 0.3) is 22.2 Å². The maximum atomic E-state index is 13.5. The van der Waals surface area contributed by atoms with Crippen LogP contribution in [0.1, 0.15) is 17.4 Å². The van der Waals surface area contributed by atoms with Crippen LogP contribution in [0.3, 0.4) is 0 Å². The van der Waals surface area contributed by atoms with Gasteiger partial charge in [0.05, 0.1) is 22.3 Å². The number of aromatic nitrogens is 2. The van der Waals surface area contributed by atoms with E-state index in [1.165, 1.54) is 24.7 Å². The van der Waals surface area contributed by atoms with Gasteiger partial charge in [0.25, 0.3) is 0 Å². The molecule has 216 valence electrons. The van der Waals surface area contributed by atoms with E-state index >= 15 is 0 Å². The standard InChI is InChI=1S/C31H28ClFN4O4S/c1-3-13-34-27(18-42(2,38)39)30-12-11-28(41-30)21-7-9-26-24(15-21)31(36-19-35-26)37-23-8-10-29(25(32)16-23)40-17-20-5-4-6-22(33)14-20/h3-12,14-16,19,27,34H,1,13,17-18H2,2H3,(H,35,36,37)/t27-/m1/s1. The van der Waals surface area contributed by atoms with Crippen LogP contribution in [0.4, 0.5) is 15.9 Å². The second-order valence-corrected chi connectivity index (χ2v) is 12.3. The minimum absolute atomic E-state index is 0.107. The lowest BCUT2D eigenvalue weighted by atomic mass is 10.1. The number of nitrogens with one attached hydrogen (secondary N) is 2. The predicted molar refractivity (Wildman–Crippen MR) is 163 cm³/mol. The summed E-state index contributed by atoms with van der Waals surface area (Å²) in [5.74, 6) is 1.67. The molecule has 0 saturated carbocycles. The zero-order valence-corrected chi connectivity index (χ0v) is 24.3. The largest absolute Gasteiger partial charge is 0.487 e. The number of sulfone groups is 1. The molecule has 42 heavy (non-hydrogen) atoms. The molecule has 0 aliphatic carbocycles. The van der Waals surface area contributed by atoms with Crippen LogP contribution < -0.4 is 15.4 Å². The van der Waals surface area contributed by atoms with Crippen LogP contribution in [-0.2, 0) is 16.4 Å². The number of hydrogen-bond acceptors (Lipinski definition) is 8. The van der Waals surface area contributed by atoms with Crippen molar-refractivity contribution in [1.82, 2.24) is 15.3 Å². The van der Waals surface area contributed by atoms with E-state index in [1.54, 1.807) is 42.5 Å². The third-order valence-corrected chi connectivity index (χ3v) is 7.58. The zero-order chi connectivity index (χ0) is 29.7. The molecule has 1 atom stereocenters. The maximum Gasteiger partial charge on any atom is 0.149 e. The monoisotopic (exact) mass is 606 g/mol. The number of rotatable bonds is 12. The van der Waals surface area contributed by atoms with E-state index in [1.807, 2.05) is 24.3 Å². The van der Waals surface area contributed by atoms with E-state index in [2.05, 4.69) is 27.2 Å². The lowest BCUT2D eigenvalue weighted by Crippen LogP contribution is -2.27. The second kappa shape index (κ2) is 12.7. The van der Waals surface area contributed by atoms with Crippen molar-refractivity contribution in [3.05, 3.63) is 114 Å². The maximum absolute atomic E-state index is 13.5. The summed E-state index contributed by atoms with van der Waals surface area (Å²) >= 11 is 6.48. The molecule has 0 amide bonds. The lowest BCUT2D eigenvalue weighted by molar-refractivity contribution is 0.306. The van der Waals surface area contributed by atoms with Crippen LogP contribution in [0.15, 0.2) is 96.2 Å². The summed E-state index contributed by atoms with van der Waals surface area (Å²) in [5.41, 5.74) is 2.86. The smallest absolute Gasteiger partial charge is 0.149 e. The number of halogens is 2. The van der Waals surface area contributed by atoms with Gasteiger partial charge in [-0.3, -0.25) is 0 Å². The quantitative estimate of drug-likeness (QED) is 0.148. The lowest BCUT2D eigenvalue weighted by Gasteiger charge is -2.14. The Bertz CT molecular complexity index is 1840. The molecule has 0 aliphatic rings. The number of fused-ring (bicyclic) bond motifs is 1. The average molecular weight is 607 g/mol. The van der Waals surface area contributed by atoms with E-state index in [4.69, 9.17) is 20.8 Å². The van der Waals surface area contributed by atoms with Gasteiger partial charge in [0, 0.05) is 29.4 Å². The van der Waals surface area contributed by atoms with Gasteiger partial charge < -0.3 is 19.8 Å². The van der Waals surface area contributed by atoms with Gasteiger partial charge in [-0.2, -0.15) is 0 Å². The molecule has 5 rings (SSSR count). The van der Waals surface area contributed by atoms with Gasteiger partial charge in [0.15, 0.2) is 0 Å². The summed E-state index contributed by atoms with van der Waals surface area (Å²) < 4.78 is 49.3. The highest BCUT2D eigenvalue weighted by atomic mass is 35.5. The summed E-state index contributed by atoms with van der Waals surface area (Å²) in [7, 11) is -3.26. The van der Waals surface area contributed by atoms with E-state index in [-0.39, 0.29) is 18.2 Å². The van der Waals surface area contributed by atoms with Crippen LogP contribution in [0, 0.1) is 5.82 Å². The first kappa shape index (κ1) is 29.2. The van der Waals surface area contributed by atoms with E-state index in [0.717, 1.165) is 10.9 Å². The van der Waals surface area contributed by atoms with Gasteiger partial charge in [0.2, 0.25) is 0 Å². The van der Waals surface area contributed by atoms with Crippen LogP contribution >= 0.6 is 11.6 Å². The average Bonchev–Trinajstić information content (AvgIpc) is 3.45. The van der Waals surface area contributed by atoms with Crippen molar-refractivity contribution < 1.29 is 22.0 Å². The Kier molecular flexibility index (Phi) is 8.86. The van der Waals surface area contributed by atoms with Crippen molar-refractivity contribution in [2.75, 3.05) is 23.9 Å². The molecule has 2 N–H and O–H groups in total. The number of ether oxygens (including phenoxy) is 1. The third-order valence-electron chi connectivity index (χ3n) is 6.35. The van der Waals surface area contributed by atoms with Crippen LogP contribution in [-0.4, -0.2) is 36.9 Å². The molecule has 5 aromatic rings. The Morgan fingerprint density at radius 3 is 2.71 bits per heavy atom. The van der Waals surface area contributed by atoms with Crippen molar-refractivity contribution in [2.24, 2.45) is 0 Å². The first-order chi connectivity index (χ1) is 20.2. The molecular weight excluding hydrogens is 579 g/mol. The summed E-state index contributed by atoms with van der Waals surface area (Å²) in [5, 5.41) is 7.56. The zero-order valence-electron chi connectivity index (χ0n) is 22.7. The Labute approximate surface area is 248 Å². The third kappa shape index (κ3) is 7.33. The molecule has 2 heterocycles. The van der Waals surface area contributed by atoms with Gasteiger partial charge >= 0.3 is 0 Å². The molecule has 3 aromatic carbocycles. The summed E-state index contributed by atoms with van der Waals surface area (Å²) in [6.45, 7) is 4.30. The van der Waals surface area contributed by atoms with E-state index < -0.39 is 15.9 Å². The fourth-order valence-corrected chi connectivity index (χ4v) is 5.52. The highest BCUT2D eigenvalue weighted by molar-refractivity contribution is 7.90. The molecule has 0 unspecified atom stereocenters. The fourth-order valence-electron chi connectivity index (χ4n) is 4.39. The van der Waals surface area contributed by atoms with Gasteiger partial charge in [-0.15, -0.1) is 6.58 Å². The van der Waals surface area contributed by atoms with E-state index in [9.17, 15) is 12.8 Å². The number of benzene rings is 3. The van der Waals surface area contributed by atoms with Gasteiger partial charge in [-0.05, 0) is 66.2 Å². The first-order valence-electron chi connectivity index (χ1n) is 13.0. The van der Waals surface area contributed by atoms with Crippen molar-refractivity contribution >= 4 is 43.8 Å². The van der Waals surface area contributed by atoms with Gasteiger partial charge in [0.1, 0.15) is 51.7 Å². The predicted octanol–water partition coefficient (Wildman–Crippen LogP) is 6.87. The number of furan rings is 1. The summed E-state index contributed by atoms with van der Waals surface area (Å²) in [6.07, 6.45) is 4.32. The first-order valence-corrected chi connectivity index (χ1v) is 15.4. The molecule has 0 saturated heterocycles. The molecule has 0 fully saturated rings. The van der Waals surface area contributed by atoms with Gasteiger partial charge in [-0.25, -0.2) is 22.8 Å². The number of hydrogen-bond donors (Lipinski definition) is 2. The topological polar surface area (TPSA) is 106 Å². The van der Waals surface area contributed by atoms with Crippen LogP contribution in [0.2, 0.25) is 5.02 Å². The molecule has 2 aromatic heterocycles. The fraction of sp³-hybridized carbons (Fsp3) is 0.161. The Balaban J connectivity index is 1.36. The van der Waals surface area contributed by atoms with Crippen molar-refractivity contribution in [2.45, 2.75) is 12.6 Å². The van der Waals surface area contributed by atoms with Crippen molar-refractivity contribution in [3.8, 4) is 17.1 Å². The number of nitrogens with zero attached hydrogens (tertiary/aromatic N) is 2. The minimum Gasteiger partial charge on any atom is -0.487 e. The molecule has 0 bridgehead atoms. The van der Waals surface area contributed by atoms with Crippen molar-refractivity contribution in [1.29, 1.82) is 0 Å². The highest BCUT2D eigenvalue weighted by Crippen LogP contribution is 2.33. The summed E-state index contributed by atoms with van der Waals surface area (Å²) in [6, 6.07) is 20.2. The Morgan fingerprint density at radius 1 is 1.10 bits per heavy atom. The molecule has 0 aliphatic heterocycles. The molecule has 8 nitrogen and oxygen atoms in total. The second-order valence-electron chi connectivity index (χ2n) is 9.69. The molecule has 11 heteroatoms. The molecular formula is C31H28ClFN4O4S. The molecule has 0 spiro atoms. The van der Waals surface area contributed by atoms with Crippen molar-refractivity contribution in [3.63, 3.8) is 0 Å². The minimum atomic E-state index is -3.26. The van der Waals surface area contributed by atoms with Gasteiger partial charge in [-0.1, -0.05) is 29.8 Å². The highest BCUT2D eigenvalue weighted by Gasteiger charge is 2.21. The van der Waals surface area contributed by atoms with E-state index in [0.29, 0.717) is 51.4 Å².